The first-order chi connectivity index (χ1) is 12.1. The lowest BCUT2D eigenvalue weighted by Crippen LogP contribution is -2.02. The van der Waals surface area contributed by atoms with Crippen molar-refractivity contribution in [3.8, 4) is 22.9 Å². The Balaban J connectivity index is 1.89. The molecule has 25 heavy (non-hydrogen) atoms. The fourth-order valence-electron chi connectivity index (χ4n) is 2.62. The molecule has 1 N–H and O–H groups in total. The monoisotopic (exact) mass is 338 g/mol. The highest BCUT2D eigenvalue weighted by Gasteiger charge is 2.11. The van der Waals surface area contributed by atoms with Gasteiger partial charge in [-0.15, -0.1) is 0 Å². The number of aromatic carboxylic acids is 1. The van der Waals surface area contributed by atoms with Crippen LogP contribution in [0, 0.1) is 0 Å². The summed E-state index contributed by atoms with van der Waals surface area (Å²) in [5, 5.41) is 8.98. The van der Waals surface area contributed by atoms with Gasteiger partial charge in [0.15, 0.2) is 11.5 Å². The Kier molecular flexibility index (Phi) is 4.70. The standard InChI is InChI=1S/C19H18N2O4/c1-24-16-8-7-15(11-17(16)25-2)18-20-9-10-21(18)12-13-3-5-14(6-4-13)19(22)23/h3-11H,12H2,1-2H3,(H,22,23). The van der Waals surface area contributed by atoms with E-state index in [-0.39, 0.29) is 5.56 Å². The van der Waals surface area contributed by atoms with Crippen molar-refractivity contribution in [3.05, 3.63) is 66.0 Å². The van der Waals surface area contributed by atoms with E-state index in [0.717, 1.165) is 17.0 Å². The zero-order chi connectivity index (χ0) is 17.8. The molecule has 3 aromatic rings. The third kappa shape index (κ3) is 3.47. The van der Waals surface area contributed by atoms with Gasteiger partial charge in [0.05, 0.1) is 19.8 Å². The van der Waals surface area contributed by atoms with Crippen LogP contribution in [0.25, 0.3) is 11.4 Å². The van der Waals surface area contributed by atoms with Crippen molar-refractivity contribution in [3.63, 3.8) is 0 Å². The number of nitrogens with zero attached hydrogens (tertiary/aromatic N) is 2. The normalized spacial score (nSPS) is 10.5. The van der Waals surface area contributed by atoms with E-state index in [2.05, 4.69) is 4.98 Å². The van der Waals surface area contributed by atoms with Gasteiger partial charge in [-0.2, -0.15) is 0 Å². The lowest BCUT2D eigenvalue weighted by Gasteiger charge is -2.11. The molecule has 2 aromatic carbocycles. The molecule has 0 amide bonds. The van der Waals surface area contributed by atoms with E-state index in [0.29, 0.717) is 18.0 Å². The molecule has 0 atom stereocenters. The Morgan fingerprint density at radius 3 is 2.44 bits per heavy atom. The number of hydrogen-bond acceptors (Lipinski definition) is 4. The summed E-state index contributed by atoms with van der Waals surface area (Å²) in [6.45, 7) is 0.587. The van der Waals surface area contributed by atoms with E-state index in [9.17, 15) is 4.79 Å². The highest BCUT2D eigenvalue weighted by atomic mass is 16.5. The van der Waals surface area contributed by atoms with Gasteiger partial charge in [0.1, 0.15) is 5.82 Å². The summed E-state index contributed by atoms with van der Waals surface area (Å²) in [5.74, 6) is 1.16. The highest BCUT2D eigenvalue weighted by molar-refractivity contribution is 5.87. The molecule has 0 unspecified atom stereocenters. The molecule has 0 bridgehead atoms. The summed E-state index contributed by atoms with van der Waals surface area (Å²) in [7, 11) is 3.19. The van der Waals surface area contributed by atoms with Crippen molar-refractivity contribution in [2.24, 2.45) is 0 Å². The molecule has 128 valence electrons. The van der Waals surface area contributed by atoms with Crippen LogP contribution in [0.1, 0.15) is 15.9 Å². The summed E-state index contributed by atoms with van der Waals surface area (Å²) in [6.07, 6.45) is 3.62. The van der Waals surface area contributed by atoms with Crippen LogP contribution in [-0.4, -0.2) is 34.8 Å². The number of carbonyl (C=O) groups is 1. The van der Waals surface area contributed by atoms with E-state index in [1.807, 2.05) is 41.1 Å². The minimum Gasteiger partial charge on any atom is -0.493 e. The zero-order valence-corrected chi connectivity index (χ0v) is 14.0. The van der Waals surface area contributed by atoms with Gasteiger partial charge in [0, 0.05) is 24.5 Å². The van der Waals surface area contributed by atoms with Crippen molar-refractivity contribution in [1.29, 1.82) is 0 Å². The molecule has 0 aliphatic carbocycles. The molecule has 0 saturated carbocycles. The number of hydrogen-bond donors (Lipinski definition) is 1. The number of methoxy groups -OCH3 is 2. The molecular weight excluding hydrogens is 320 g/mol. The van der Waals surface area contributed by atoms with Crippen LogP contribution in [0.4, 0.5) is 0 Å². The molecule has 0 radical (unpaired) electrons. The molecule has 0 fully saturated rings. The Labute approximate surface area is 145 Å². The number of rotatable bonds is 6. The summed E-state index contributed by atoms with van der Waals surface area (Å²) in [6, 6.07) is 12.5. The molecule has 1 aromatic heterocycles. The number of benzene rings is 2. The zero-order valence-electron chi connectivity index (χ0n) is 14.0. The lowest BCUT2D eigenvalue weighted by atomic mass is 10.1. The van der Waals surface area contributed by atoms with Gasteiger partial charge >= 0.3 is 5.97 Å². The van der Waals surface area contributed by atoms with Gasteiger partial charge in [-0.05, 0) is 35.9 Å². The molecule has 0 aliphatic rings. The first kappa shape index (κ1) is 16.6. The fraction of sp³-hybridized carbons (Fsp3) is 0.158. The van der Waals surface area contributed by atoms with E-state index < -0.39 is 5.97 Å². The number of aromatic nitrogens is 2. The van der Waals surface area contributed by atoms with Gasteiger partial charge in [-0.25, -0.2) is 9.78 Å². The minimum atomic E-state index is -0.930. The Hall–Kier alpha value is -3.28. The average molecular weight is 338 g/mol. The molecule has 3 rings (SSSR count). The van der Waals surface area contributed by atoms with Gasteiger partial charge in [-0.1, -0.05) is 12.1 Å². The maximum Gasteiger partial charge on any atom is 0.335 e. The second kappa shape index (κ2) is 7.09. The summed E-state index contributed by atoms with van der Waals surface area (Å²) < 4.78 is 12.6. The van der Waals surface area contributed by atoms with Crippen LogP contribution >= 0.6 is 0 Å². The Morgan fingerprint density at radius 2 is 1.80 bits per heavy atom. The van der Waals surface area contributed by atoms with Gasteiger partial charge < -0.3 is 19.1 Å². The quantitative estimate of drug-likeness (QED) is 0.746. The number of imidazole rings is 1. The number of ether oxygens (including phenoxy) is 2. The van der Waals surface area contributed by atoms with Gasteiger partial charge in [0.2, 0.25) is 0 Å². The molecular formula is C19H18N2O4. The van der Waals surface area contributed by atoms with Crippen molar-refractivity contribution in [2.75, 3.05) is 14.2 Å². The van der Waals surface area contributed by atoms with Crippen molar-refractivity contribution in [1.82, 2.24) is 9.55 Å². The van der Waals surface area contributed by atoms with Crippen LogP contribution in [0.15, 0.2) is 54.9 Å². The maximum atomic E-state index is 10.9. The summed E-state index contributed by atoms with van der Waals surface area (Å²) in [4.78, 5) is 15.4. The molecule has 6 nitrogen and oxygen atoms in total. The molecule has 0 spiro atoms. The van der Waals surface area contributed by atoms with Crippen molar-refractivity contribution in [2.45, 2.75) is 6.54 Å². The third-order valence-corrected chi connectivity index (χ3v) is 3.91. The molecule has 1 heterocycles. The third-order valence-electron chi connectivity index (χ3n) is 3.91. The van der Waals surface area contributed by atoms with Crippen LogP contribution in [0.3, 0.4) is 0 Å². The SMILES string of the molecule is COc1ccc(-c2nccn2Cc2ccc(C(=O)O)cc2)cc1OC. The predicted molar refractivity (Wildman–Crippen MR) is 93.3 cm³/mol. The Bertz CT molecular complexity index is 885. The number of carboxylic acid groups (broad SMARTS) is 1. The molecule has 0 aliphatic heterocycles. The van der Waals surface area contributed by atoms with E-state index in [4.69, 9.17) is 14.6 Å². The summed E-state index contributed by atoms with van der Waals surface area (Å²) >= 11 is 0. The minimum absolute atomic E-state index is 0.273. The first-order valence-electron chi connectivity index (χ1n) is 7.68. The molecule has 0 saturated heterocycles. The van der Waals surface area contributed by atoms with Crippen LogP contribution in [0.5, 0.6) is 11.5 Å². The van der Waals surface area contributed by atoms with Crippen molar-refractivity contribution >= 4 is 5.97 Å². The van der Waals surface area contributed by atoms with Crippen molar-refractivity contribution < 1.29 is 19.4 Å². The predicted octanol–water partition coefficient (Wildman–Crippen LogP) is 3.31. The van der Waals surface area contributed by atoms with Gasteiger partial charge in [0.25, 0.3) is 0 Å². The van der Waals surface area contributed by atoms with Gasteiger partial charge in [-0.3, -0.25) is 0 Å². The molecule has 6 heteroatoms. The average Bonchev–Trinajstić information content (AvgIpc) is 3.09. The second-order valence-electron chi connectivity index (χ2n) is 5.45. The first-order valence-corrected chi connectivity index (χ1v) is 7.68. The topological polar surface area (TPSA) is 73.6 Å². The fourth-order valence-corrected chi connectivity index (χ4v) is 2.62. The second-order valence-corrected chi connectivity index (χ2v) is 5.45. The van der Waals surface area contributed by atoms with E-state index in [1.54, 1.807) is 32.5 Å². The Morgan fingerprint density at radius 1 is 1.08 bits per heavy atom. The largest absolute Gasteiger partial charge is 0.493 e. The van der Waals surface area contributed by atoms with E-state index >= 15 is 0 Å². The smallest absolute Gasteiger partial charge is 0.335 e. The lowest BCUT2D eigenvalue weighted by molar-refractivity contribution is 0.0697. The number of carboxylic acids is 1. The van der Waals surface area contributed by atoms with Crippen LogP contribution < -0.4 is 9.47 Å². The maximum absolute atomic E-state index is 10.9. The summed E-state index contributed by atoms with van der Waals surface area (Å²) in [5.41, 5.74) is 2.17. The van der Waals surface area contributed by atoms with Crippen LogP contribution in [0.2, 0.25) is 0 Å². The van der Waals surface area contributed by atoms with E-state index in [1.165, 1.54) is 0 Å². The van der Waals surface area contributed by atoms with Crippen LogP contribution in [-0.2, 0) is 6.54 Å². The highest BCUT2D eigenvalue weighted by Crippen LogP contribution is 2.31.